The van der Waals surface area contributed by atoms with E-state index in [9.17, 15) is 14.4 Å². The summed E-state index contributed by atoms with van der Waals surface area (Å²) >= 11 is 0. The van der Waals surface area contributed by atoms with Gasteiger partial charge < -0.3 is 25.2 Å². The van der Waals surface area contributed by atoms with Crippen molar-refractivity contribution in [3.63, 3.8) is 0 Å². The van der Waals surface area contributed by atoms with Gasteiger partial charge in [0.25, 0.3) is 0 Å². The van der Waals surface area contributed by atoms with Gasteiger partial charge in [-0.3, -0.25) is 9.59 Å². The van der Waals surface area contributed by atoms with Gasteiger partial charge >= 0.3 is 6.09 Å². The highest BCUT2D eigenvalue weighted by Crippen LogP contribution is 2.21. The van der Waals surface area contributed by atoms with Crippen LogP contribution in [-0.2, 0) is 20.9 Å². The molecule has 1 heterocycles. The van der Waals surface area contributed by atoms with E-state index in [-0.39, 0.29) is 35.7 Å². The molecule has 0 spiro atoms. The lowest BCUT2D eigenvalue weighted by Gasteiger charge is -2.36. The van der Waals surface area contributed by atoms with Crippen molar-refractivity contribution >= 4 is 17.9 Å². The van der Waals surface area contributed by atoms with Gasteiger partial charge in [0, 0.05) is 32.1 Å². The number of piperidine rings is 1. The fourth-order valence-electron chi connectivity index (χ4n) is 4.52. The Morgan fingerprint density at radius 2 is 1.77 bits per heavy atom. The van der Waals surface area contributed by atoms with E-state index in [4.69, 9.17) is 4.74 Å². The average molecular weight is 489 g/mol. The number of carbonyl (C=O) groups excluding carboxylic acids is 3. The number of likely N-dealkylation sites (tertiary alicyclic amines) is 1. The van der Waals surface area contributed by atoms with Gasteiger partial charge in [-0.25, -0.2) is 4.79 Å². The molecule has 2 rings (SSSR count). The second-order valence-electron chi connectivity index (χ2n) is 10.8. The highest BCUT2D eigenvalue weighted by Gasteiger charge is 2.34. The van der Waals surface area contributed by atoms with Crippen molar-refractivity contribution in [2.45, 2.75) is 59.6 Å². The largest absolute Gasteiger partial charge is 0.445 e. The molecule has 1 aliphatic heterocycles. The fraction of sp³-hybridized carbons (Fsp3) is 0.667. The summed E-state index contributed by atoms with van der Waals surface area (Å²) in [6, 6.07) is 8.79. The number of hydrogen-bond acceptors (Lipinski definition) is 5. The molecule has 0 aliphatic carbocycles. The van der Waals surface area contributed by atoms with Crippen LogP contribution in [0, 0.1) is 17.3 Å². The minimum atomic E-state index is -0.652. The van der Waals surface area contributed by atoms with E-state index in [0.717, 1.165) is 18.5 Å². The topological polar surface area (TPSA) is 91.0 Å². The molecule has 3 amide bonds. The molecular weight excluding hydrogens is 444 g/mol. The van der Waals surface area contributed by atoms with Crippen molar-refractivity contribution in [2.24, 2.45) is 17.3 Å². The first-order valence-electron chi connectivity index (χ1n) is 12.7. The first-order valence-corrected chi connectivity index (χ1v) is 12.7. The fourth-order valence-corrected chi connectivity index (χ4v) is 4.52. The van der Waals surface area contributed by atoms with E-state index in [2.05, 4.69) is 29.4 Å². The van der Waals surface area contributed by atoms with Crippen molar-refractivity contribution in [1.29, 1.82) is 0 Å². The summed E-state index contributed by atoms with van der Waals surface area (Å²) < 4.78 is 5.34. The van der Waals surface area contributed by atoms with Gasteiger partial charge in [0.15, 0.2) is 0 Å². The summed E-state index contributed by atoms with van der Waals surface area (Å²) in [4.78, 5) is 42.4. The predicted molar refractivity (Wildman–Crippen MR) is 138 cm³/mol. The minimum Gasteiger partial charge on any atom is -0.445 e. The van der Waals surface area contributed by atoms with Crippen LogP contribution in [0.4, 0.5) is 4.79 Å². The van der Waals surface area contributed by atoms with Crippen LogP contribution in [0.3, 0.4) is 0 Å². The summed E-state index contributed by atoms with van der Waals surface area (Å²) in [6.45, 7) is 10.9. The summed E-state index contributed by atoms with van der Waals surface area (Å²) in [5.74, 6) is -0.182. The van der Waals surface area contributed by atoms with Gasteiger partial charge in [-0.1, -0.05) is 64.4 Å². The molecule has 0 bridgehead atoms. The SMILES string of the molecule is CC[C@H](C)[C@H](NC(=O)OCc1ccccc1)C(=O)N1CCC(C(=O)NCC(C)(C)CN(C)C)CC1. The van der Waals surface area contributed by atoms with E-state index < -0.39 is 12.1 Å². The molecule has 35 heavy (non-hydrogen) atoms. The zero-order valence-corrected chi connectivity index (χ0v) is 22.3. The normalized spacial score (nSPS) is 16.5. The Balaban J connectivity index is 1.86. The number of nitrogens with zero attached hydrogens (tertiary/aromatic N) is 2. The number of amides is 3. The number of hydrogen-bond donors (Lipinski definition) is 2. The van der Waals surface area contributed by atoms with Crippen molar-refractivity contribution in [3.05, 3.63) is 35.9 Å². The Hall–Kier alpha value is -2.61. The zero-order valence-electron chi connectivity index (χ0n) is 22.3. The number of benzene rings is 1. The minimum absolute atomic E-state index is 0.0138. The van der Waals surface area contributed by atoms with Crippen LogP contribution < -0.4 is 10.6 Å². The van der Waals surface area contributed by atoms with Crippen molar-refractivity contribution < 1.29 is 19.1 Å². The quantitative estimate of drug-likeness (QED) is 0.499. The summed E-state index contributed by atoms with van der Waals surface area (Å²) in [5, 5.41) is 5.89. The third-order valence-corrected chi connectivity index (χ3v) is 6.63. The second kappa shape index (κ2) is 13.5. The van der Waals surface area contributed by atoms with Crippen LogP contribution in [0.5, 0.6) is 0 Å². The number of rotatable bonds is 11. The molecule has 196 valence electrons. The van der Waals surface area contributed by atoms with Gasteiger partial charge in [0.05, 0.1) is 0 Å². The maximum Gasteiger partial charge on any atom is 0.408 e. The van der Waals surface area contributed by atoms with Gasteiger partial charge in [-0.05, 0) is 43.8 Å². The van der Waals surface area contributed by atoms with Crippen LogP contribution in [0.15, 0.2) is 30.3 Å². The number of alkyl carbamates (subject to hydrolysis) is 1. The molecule has 2 atom stereocenters. The van der Waals surface area contributed by atoms with E-state index in [1.165, 1.54) is 0 Å². The molecule has 0 radical (unpaired) electrons. The van der Waals surface area contributed by atoms with Crippen LogP contribution in [0.2, 0.25) is 0 Å². The first-order chi connectivity index (χ1) is 16.5. The monoisotopic (exact) mass is 488 g/mol. The predicted octanol–water partition coefficient (Wildman–Crippen LogP) is 3.27. The van der Waals surface area contributed by atoms with Crippen molar-refractivity contribution in [3.8, 4) is 0 Å². The van der Waals surface area contributed by atoms with Crippen LogP contribution in [-0.4, -0.2) is 74.0 Å². The Kier molecular flexibility index (Phi) is 11.0. The van der Waals surface area contributed by atoms with Gasteiger partial charge in [-0.2, -0.15) is 0 Å². The van der Waals surface area contributed by atoms with Gasteiger partial charge in [0.2, 0.25) is 11.8 Å². The Labute approximate surface area is 210 Å². The smallest absolute Gasteiger partial charge is 0.408 e. The highest BCUT2D eigenvalue weighted by molar-refractivity contribution is 5.86. The molecule has 8 heteroatoms. The highest BCUT2D eigenvalue weighted by atomic mass is 16.5. The summed E-state index contributed by atoms with van der Waals surface area (Å²) in [7, 11) is 4.06. The molecule has 0 saturated carbocycles. The molecule has 2 N–H and O–H groups in total. The molecular formula is C27H44N4O4. The zero-order chi connectivity index (χ0) is 26.0. The standard InChI is InChI=1S/C27H44N4O4/c1-7-20(2)23(29-26(34)35-17-21-11-9-8-10-12-21)25(33)31-15-13-22(14-16-31)24(32)28-18-27(3,4)19-30(5)6/h8-12,20,22-23H,7,13-19H2,1-6H3,(H,28,32)(H,29,34)/t20-,23-/m0/s1. The van der Waals surface area contributed by atoms with E-state index in [1.54, 1.807) is 4.90 Å². The number of nitrogens with one attached hydrogen (secondary N) is 2. The van der Waals surface area contributed by atoms with E-state index in [0.29, 0.717) is 32.5 Å². The molecule has 1 saturated heterocycles. The summed E-state index contributed by atoms with van der Waals surface area (Å²) in [6.07, 6.45) is 1.40. The van der Waals surface area contributed by atoms with Crippen molar-refractivity contribution in [1.82, 2.24) is 20.4 Å². The maximum atomic E-state index is 13.3. The number of carbonyl (C=O) groups is 3. The first kappa shape index (κ1) is 28.6. The lowest BCUT2D eigenvalue weighted by molar-refractivity contribution is -0.138. The number of ether oxygens (including phenoxy) is 1. The van der Waals surface area contributed by atoms with E-state index in [1.807, 2.05) is 58.3 Å². The second-order valence-corrected chi connectivity index (χ2v) is 10.8. The Morgan fingerprint density at radius 3 is 2.34 bits per heavy atom. The van der Waals surface area contributed by atoms with Crippen molar-refractivity contribution in [2.75, 3.05) is 40.3 Å². The molecule has 1 fully saturated rings. The van der Waals surface area contributed by atoms with Gasteiger partial charge in [0.1, 0.15) is 12.6 Å². The molecule has 1 aromatic rings. The van der Waals surface area contributed by atoms with E-state index >= 15 is 0 Å². The Morgan fingerprint density at radius 1 is 1.14 bits per heavy atom. The van der Waals surface area contributed by atoms with Crippen LogP contribution in [0.1, 0.15) is 52.5 Å². The van der Waals surface area contributed by atoms with Gasteiger partial charge in [-0.15, -0.1) is 0 Å². The van der Waals surface area contributed by atoms with Crippen LogP contribution >= 0.6 is 0 Å². The molecule has 0 unspecified atom stereocenters. The third-order valence-electron chi connectivity index (χ3n) is 6.63. The summed E-state index contributed by atoms with van der Waals surface area (Å²) in [5.41, 5.74) is 0.875. The lowest BCUT2D eigenvalue weighted by atomic mass is 9.91. The average Bonchev–Trinajstić information content (AvgIpc) is 2.83. The molecule has 0 aromatic heterocycles. The lowest BCUT2D eigenvalue weighted by Crippen LogP contribution is -2.54. The van der Waals surface area contributed by atoms with Crippen LogP contribution in [0.25, 0.3) is 0 Å². The molecule has 8 nitrogen and oxygen atoms in total. The Bertz CT molecular complexity index is 820. The molecule has 1 aliphatic rings. The third kappa shape index (κ3) is 9.51. The maximum absolute atomic E-state index is 13.3. The molecule has 1 aromatic carbocycles.